The Morgan fingerprint density at radius 1 is 1.11 bits per heavy atom. The quantitative estimate of drug-likeness (QED) is 0.175. The third kappa shape index (κ3) is 9.60. The highest BCUT2D eigenvalue weighted by Gasteiger charge is 2.23. The van der Waals surface area contributed by atoms with Crippen LogP contribution in [0.5, 0.6) is 0 Å². The molecular weight excluding hydrogens is 452 g/mol. The van der Waals surface area contributed by atoms with Crippen molar-refractivity contribution in [3.63, 3.8) is 0 Å². The summed E-state index contributed by atoms with van der Waals surface area (Å²) in [4.78, 5) is 36.1. The number of carbonyl (C=O) groups is 2. The van der Waals surface area contributed by atoms with Crippen molar-refractivity contribution in [1.82, 2.24) is 25.3 Å². The van der Waals surface area contributed by atoms with E-state index < -0.39 is 0 Å². The Balaban J connectivity index is 1.94. The molecule has 0 atom stereocenters. The first-order valence-corrected chi connectivity index (χ1v) is 13.9. The van der Waals surface area contributed by atoms with Gasteiger partial charge >= 0.3 is 0 Å². The first-order chi connectivity index (χ1) is 17.2. The second-order valence-electron chi connectivity index (χ2n) is 10.7. The van der Waals surface area contributed by atoms with E-state index in [2.05, 4.69) is 34.0 Å². The van der Waals surface area contributed by atoms with Crippen molar-refractivity contribution in [2.75, 3.05) is 59.9 Å². The van der Waals surface area contributed by atoms with Gasteiger partial charge in [-0.2, -0.15) is 0 Å². The zero-order valence-corrected chi connectivity index (χ0v) is 23.4. The first kappa shape index (κ1) is 29.9. The number of nitrogens with zero attached hydrogens (tertiary/aromatic N) is 4. The van der Waals surface area contributed by atoms with E-state index in [0.29, 0.717) is 18.2 Å². The molecule has 1 heterocycles. The number of aliphatic imine (C=N–C) groups is 1. The molecule has 1 saturated heterocycles. The number of piperazine rings is 1. The highest BCUT2D eigenvalue weighted by atomic mass is 16.2. The molecule has 0 aromatic rings. The Bertz CT molecular complexity index is 775. The molecule has 0 aromatic heterocycles. The van der Waals surface area contributed by atoms with Crippen molar-refractivity contribution in [1.29, 1.82) is 0 Å². The molecule has 8 heteroatoms. The van der Waals surface area contributed by atoms with Crippen LogP contribution in [0.25, 0.3) is 0 Å². The molecule has 2 amide bonds. The molecule has 0 spiro atoms. The zero-order valence-electron chi connectivity index (χ0n) is 23.4. The van der Waals surface area contributed by atoms with E-state index in [0.717, 1.165) is 63.4 Å². The van der Waals surface area contributed by atoms with Crippen molar-refractivity contribution in [2.45, 2.75) is 65.7 Å². The van der Waals surface area contributed by atoms with Gasteiger partial charge in [-0.1, -0.05) is 53.0 Å². The lowest BCUT2D eigenvalue weighted by Gasteiger charge is -2.35. The molecule has 1 aliphatic heterocycles. The molecule has 1 aliphatic carbocycles. The van der Waals surface area contributed by atoms with Gasteiger partial charge in [-0.25, -0.2) is 0 Å². The van der Waals surface area contributed by atoms with Crippen LogP contribution in [0.1, 0.15) is 65.7 Å². The molecule has 2 fully saturated rings. The summed E-state index contributed by atoms with van der Waals surface area (Å²) in [6.45, 7) is 15.8. The molecule has 0 aromatic carbocycles. The second-order valence-corrected chi connectivity index (χ2v) is 10.7. The molecule has 0 bridgehead atoms. The monoisotopic (exact) mass is 502 g/mol. The molecule has 1 saturated carbocycles. The van der Waals surface area contributed by atoms with Crippen LogP contribution in [-0.2, 0) is 9.59 Å². The van der Waals surface area contributed by atoms with Crippen LogP contribution in [0.15, 0.2) is 28.5 Å². The van der Waals surface area contributed by atoms with Gasteiger partial charge in [0, 0.05) is 59.3 Å². The van der Waals surface area contributed by atoms with Crippen LogP contribution in [-0.4, -0.2) is 92.8 Å². The highest BCUT2D eigenvalue weighted by molar-refractivity contribution is 5.94. The topological polar surface area (TPSA) is 80.3 Å². The van der Waals surface area contributed by atoms with Gasteiger partial charge in [-0.3, -0.25) is 19.5 Å². The first-order valence-electron chi connectivity index (χ1n) is 13.9. The van der Waals surface area contributed by atoms with Gasteiger partial charge in [-0.15, -0.1) is 0 Å². The number of hydrogen-bond donors (Lipinski definition) is 2. The van der Waals surface area contributed by atoms with Crippen LogP contribution in [0.2, 0.25) is 0 Å². The summed E-state index contributed by atoms with van der Waals surface area (Å²) >= 11 is 0. The smallest absolute Gasteiger partial charge is 0.269 e. The van der Waals surface area contributed by atoms with E-state index in [1.54, 1.807) is 6.34 Å². The van der Waals surface area contributed by atoms with Crippen molar-refractivity contribution in [3.05, 3.63) is 23.5 Å². The van der Waals surface area contributed by atoms with Gasteiger partial charge < -0.3 is 20.4 Å². The molecule has 2 aliphatic rings. The minimum absolute atomic E-state index is 0.0540. The number of nitrogens with one attached hydrogen (secondary N) is 2. The van der Waals surface area contributed by atoms with Crippen LogP contribution >= 0.6 is 0 Å². The molecule has 36 heavy (non-hydrogen) atoms. The third-order valence-electron chi connectivity index (χ3n) is 7.10. The Morgan fingerprint density at radius 3 is 2.36 bits per heavy atom. The number of allylic oxidation sites excluding steroid dienone is 1. The minimum Gasteiger partial charge on any atom is -0.372 e. The molecule has 0 unspecified atom stereocenters. The standard InChI is InChI=1S/C28H50N6O2/c1-7-11-23(4)25(26(32(5)6)27(35)30-20-24-12-9-8-10-13-24)31-21-29-14-15-33-16-18-34(19-17-33)28(36)22(2)3/h21-22,24H,4,7-20H2,1-3,5-6H3,(H,29,31)(H,30,35)/b26-25+. The maximum absolute atomic E-state index is 13.2. The van der Waals surface area contributed by atoms with E-state index in [9.17, 15) is 9.59 Å². The summed E-state index contributed by atoms with van der Waals surface area (Å²) in [6, 6.07) is 0. The van der Waals surface area contributed by atoms with Gasteiger partial charge in [0.15, 0.2) is 0 Å². The normalized spacial score (nSPS) is 18.3. The van der Waals surface area contributed by atoms with Crippen LogP contribution in [0.3, 0.4) is 0 Å². The van der Waals surface area contributed by atoms with Crippen molar-refractivity contribution >= 4 is 18.2 Å². The Hall–Kier alpha value is -2.35. The van der Waals surface area contributed by atoms with Crippen molar-refractivity contribution in [2.24, 2.45) is 16.8 Å². The minimum atomic E-state index is -0.0625. The number of rotatable bonds is 13. The summed E-state index contributed by atoms with van der Waals surface area (Å²) in [7, 11) is 3.80. The largest absolute Gasteiger partial charge is 0.372 e. The number of likely N-dealkylation sites (N-methyl/N-ethyl adjacent to an activating group) is 1. The number of amides is 2. The summed E-state index contributed by atoms with van der Waals surface area (Å²) in [5.74, 6) is 0.808. The predicted molar refractivity (Wildman–Crippen MR) is 149 cm³/mol. The highest BCUT2D eigenvalue weighted by Crippen LogP contribution is 2.23. The lowest BCUT2D eigenvalue weighted by Crippen LogP contribution is -2.50. The lowest BCUT2D eigenvalue weighted by molar-refractivity contribution is -0.136. The Labute approximate surface area is 219 Å². The molecule has 2 rings (SSSR count). The molecule has 204 valence electrons. The zero-order chi connectivity index (χ0) is 26.5. The molecular formula is C28H50N6O2. The second kappa shape index (κ2) is 15.7. The van der Waals surface area contributed by atoms with Gasteiger partial charge in [0.05, 0.1) is 18.6 Å². The van der Waals surface area contributed by atoms with E-state index in [4.69, 9.17) is 0 Å². The molecule has 8 nitrogen and oxygen atoms in total. The number of hydrogen-bond acceptors (Lipinski definition) is 5. The predicted octanol–water partition coefficient (Wildman–Crippen LogP) is 3.23. The summed E-state index contributed by atoms with van der Waals surface area (Å²) < 4.78 is 0. The van der Waals surface area contributed by atoms with Gasteiger partial charge in [0.25, 0.3) is 5.91 Å². The van der Waals surface area contributed by atoms with Crippen LogP contribution < -0.4 is 10.6 Å². The molecule has 0 radical (unpaired) electrons. The fourth-order valence-corrected chi connectivity index (χ4v) is 4.95. The maximum Gasteiger partial charge on any atom is 0.269 e. The third-order valence-corrected chi connectivity index (χ3v) is 7.10. The van der Waals surface area contributed by atoms with Gasteiger partial charge in [0.1, 0.15) is 5.70 Å². The van der Waals surface area contributed by atoms with E-state index in [1.807, 2.05) is 37.7 Å². The van der Waals surface area contributed by atoms with Crippen molar-refractivity contribution in [3.8, 4) is 0 Å². The van der Waals surface area contributed by atoms with Gasteiger partial charge in [-0.05, 0) is 30.8 Å². The van der Waals surface area contributed by atoms with E-state index in [1.165, 1.54) is 32.1 Å². The fourth-order valence-electron chi connectivity index (χ4n) is 4.95. The summed E-state index contributed by atoms with van der Waals surface area (Å²) in [5, 5.41) is 6.47. The average Bonchev–Trinajstić information content (AvgIpc) is 2.86. The van der Waals surface area contributed by atoms with Crippen LogP contribution in [0.4, 0.5) is 0 Å². The van der Waals surface area contributed by atoms with Gasteiger partial charge in [0.2, 0.25) is 5.91 Å². The summed E-state index contributed by atoms with van der Waals surface area (Å²) in [6.07, 6.45) is 9.70. The van der Waals surface area contributed by atoms with E-state index in [-0.39, 0.29) is 17.7 Å². The number of carbonyl (C=O) groups excluding carboxylic acids is 2. The fraction of sp³-hybridized carbons (Fsp3) is 0.750. The Morgan fingerprint density at radius 2 is 1.78 bits per heavy atom. The molecule has 2 N–H and O–H groups in total. The Kier molecular flexibility index (Phi) is 13.0. The van der Waals surface area contributed by atoms with Crippen LogP contribution in [0, 0.1) is 11.8 Å². The lowest BCUT2D eigenvalue weighted by atomic mass is 9.89. The van der Waals surface area contributed by atoms with E-state index >= 15 is 0 Å². The summed E-state index contributed by atoms with van der Waals surface area (Å²) in [5.41, 5.74) is 2.25. The SMILES string of the molecule is C=C(CCC)/C(NC=NCCN1CCN(C(=O)C(C)C)CC1)=C(/C(=O)NCC1CCCCC1)N(C)C. The van der Waals surface area contributed by atoms with Crippen molar-refractivity contribution < 1.29 is 9.59 Å². The maximum atomic E-state index is 13.2. The average molecular weight is 503 g/mol.